The molecule has 3 aromatic carbocycles. The van der Waals surface area contributed by atoms with Crippen molar-refractivity contribution in [3.05, 3.63) is 87.4 Å². The molecule has 262 valence electrons. The number of rotatable bonds is 10. The minimum Gasteiger partial charge on any atom is -0.534 e. The summed E-state index contributed by atoms with van der Waals surface area (Å²) in [6.45, 7) is 0.384. The molecule has 5 rings (SSSR count). The van der Waals surface area contributed by atoms with Gasteiger partial charge in [-0.25, -0.2) is 28.1 Å². The molecule has 0 aliphatic carbocycles. The Balaban J connectivity index is 1.29. The number of imide groups is 1. The van der Waals surface area contributed by atoms with Gasteiger partial charge in [0.25, 0.3) is 5.91 Å². The van der Waals surface area contributed by atoms with Crippen molar-refractivity contribution in [2.24, 2.45) is 0 Å². The largest absolute Gasteiger partial charge is 0.547 e. The Morgan fingerprint density at radius 2 is 1.76 bits per heavy atom. The van der Waals surface area contributed by atoms with Crippen molar-refractivity contribution in [1.29, 1.82) is 0 Å². The van der Waals surface area contributed by atoms with Crippen LogP contribution in [0.2, 0.25) is 5.02 Å². The summed E-state index contributed by atoms with van der Waals surface area (Å²) in [5.74, 6) is -9.80. The lowest BCUT2D eigenvalue weighted by Gasteiger charge is -2.31. The van der Waals surface area contributed by atoms with Crippen LogP contribution in [0, 0.1) is 11.6 Å². The summed E-state index contributed by atoms with van der Waals surface area (Å²) < 4.78 is 34.0. The van der Waals surface area contributed by atoms with E-state index in [0.29, 0.717) is 18.1 Å². The summed E-state index contributed by atoms with van der Waals surface area (Å²) in [6, 6.07) is 7.33. The highest BCUT2D eigenvalue weighted by molar-refractivity contribution is 6.47. The van der Waals surface area contributed by atoms with E-state index < -0.39 is 88.1 Å². The maximum atomic E-state index is 14.6. The van der Waals surface area contributed by atoms with E-state index in [0.717, 1.165) is 11.0 Å². The number of nitrogens with one attached hydrogen (secondary N) is 3. The first kappa shape index (κ1) is 35.7. The molecule has 15 nitrogen and oxygen atoms in total. The Hall–Kier alpha value is -5.62. The van der Waals surface area contributed by atoms with Crippen LogP contribution in [0.5, 0.6) is 17.2 Å². The highest BCUT2D eigenvalue weighted by Crippen LogP contribution is 2.40. The van der Waals surface area contributed by atoms with E-state index in [-0.39, 0.29) is 44.1 Å². The second-order valence-electron chi connectivity index (χ2n) is 11.3. The molecule has 2 aliphatic rings. The highest BCUT2D eigenvalue weighted by atomic mass is 35.5. The number of halogens is 3. The molecule has 3 aromatic rings. The molecular weight excluding hydrogens is 687 g/mol. The lowest BCUT2D eigenvalue weighted by molar-refractivity contribution is -0.123. The number of carboxylic acid groups (broad SMARTS) is 1. The second-order valence-corrected chi connectivity index (χ2v) is 11.7. The first-order valence-electron chi connectivity index (χ1n) is 15.1. The van der Waals surface area contributed by atoms with Gasteiger partial charge < -0.3 is 45.8 Å². The number of phenolic OH excluding ortho intramolecular Hbond substituents is 2. The van der Waals surface area contributed by atoms with Gasteiger partial charge in [-0.3, -0.25) is 9.59 Å². The molecule has 19 heteroatoms. The van der Waals surface area contributed by atoms with Crippen LogP contribution in [-0.4, -0.2) is 99.2 Å². The monoisotopic (exact) mass is 715 g/mol. The zero-order chi connectivity index (χ0) is 36.3. The van der Waals surface area contributed by atoms with Crippen molar-refractivity contribution in [1.82, 2.24) is 25.8 Å². The van der Waals surface area contributed by atoms with Crippen molar-refractivity contribution >= 4 is 48.6 Å². The van der Waals surface area contributed by atoms with E-state index in [2.05, 4.69) is 16.0 Å². The summed E-state index contributed by atoms with van der Waals surface area (Å²) in [5, 5.41) is 46.7. The Morgan fingerprint density at radius 3 is 2.46 bits per heavy atom. The van der Waals surface area contributed by atoms with Crippen LogP contribution in [0.4, 0.5) is 18.4 Å². The predicted molar refractivity (Wildman–Crippen MR) is 171 cm³/mol. The van der Waals surface area contributed by atoms with Crippen LogP contribution in [-0.2, 0) is 11.2 Å². The molecule has 0 aromatic heterocycles. The van der Waals surface area contributed by atoms with Gasteiger partial charge in [-0.05, 0) is 42.7 Å². The van der Waals surface area contributed by atoms with E-state index in [1.54, 1.807) is 30.3 Å². The summed E-state index contributed by atoms with van der Waals surface area (Å²) in [7, 11) is -1.92. The molecule has 0 saturated carbocycles. The molecule has 7 N–H and O–H groups in total. The number of urea groups is 2. The normalized spacial score (nSPS) is 16.0. The van der Waals surface area contributed by atoms with Gasteiger partial charge in [0.2, 0.25) is 5.91 Å². The van der Waals surface area contributed by atoms with Crippen LogP contribution in [0.25, 0.3) is 0 Å². The van der Waals surface area contributed by atoms with E-state index in [4.69, 9.17) is 16.3 Å². The quantitative estimate of drug-likeness (QED) is 0.0922. The predicted octanol–water partition coefficient (Wildman–Crippen LogP) is 2.18. The zero-order valence-corrected chi connectivity index (χ0v) is 26.6. The Bertz CT molecular complexity index is 1860. The number of aromatic carboxylic acids is 1. The number of fused-ring (bicyclic) bond motifs is 1. The van der Waals surface area contributed by atoms with Crippen molar-refractivity contribution in [3.8, 4) is 17.2 Å². The number of phenols is 2. The van der Waals surface area contributed by atoms with Crippen LogP contribution >= 0.6 is 11.6 Å². The van der Waals surface area contributed by atoms with Gasteiger partial charge in [0.15, 0.2) is 17.3 Å². The van der Waals surface area contributed by atoms with Gasteiger partial charge in [-0.15, -0.1) is 0 Å². The molecule has 2 heterocycles. The molecule has 0 bridgehead atoms. The first-order valence-corrected chi connectivity index (χ1v) is 15.5. The van der Waals surface area contributed by atoms with Gasteiger partial charge in [-0.1, -0.05) is 35.9 Å². The summed E-state index contributed by atoms with van der Waals surface area (Å²) >= 11 is 6.14. The van der Waals surface area contributed by atoms with Crippen LogP contribution in [0.3, 0.4) is 0 Å². The summed E-state index contributed by atoms with van der Waals surface area (Å²) in [6.07, 6.45) is 0.0692. The molecule has 2 aliphatic heterocycles. The number of carboxylic acids is 1. The van der Waals surface area contributed by atoms with Gasteiger partial charge in [0.05, 0.1) is 11.0 Å². The topological polar surface area (TPSA) is 218 Å². The zero-order valence-electron chi connectivity index (χ0n) is 25.9. The third-order valence-corrected chi connectivity index (χ3v) is 8.45. The van der Waals surface area contributed by atoms with Gasteiger partial charge in [0, 0.05) is 37.3 Å². The Labute approximate surface area is 287 Å². The molecule has 0 radical (unpaired) electrons. The molecule has 1 saturated heterocycles. The van der Waals surface area contributed by atoms with E-state index in [1.165, 1.54) is 11.0 Å². The Morgan fingerprint density at radius 1 is 1.04 bits per heavy atom. The van der Waals surface area contributed by atoms with Crippen molar-refractivity contribution in [2.45, 2.75) is 24.8 Å². The number of benzene rings is 3. The number of hydrogen-bond donors (Lipinski definition) is 7. The van der Waals surface area contributed by atoms with Crippen molar-refractivity contribution in [2.75, 3.05) is 26.2 Å². The summed E-state index contributed by atoms with van der Waals surface area (Å²) in [5.41, 5.74) is -0.802. The molecule has 50 heavy (non-hydrogen) atoms. The van der Waals surface area contributed by atoms with Crippen molar-refractivity contribution < 1.29 is 57.8 Å². The molecule has 2 unspecified atom stereocenters. The minimum absolute atomic E-state index is 0.105. The fourth-order valence-electron chi connectivity index (χ4n) is 5.49. The average Bonchev–Trinajstić information content (AvgIpc) is 3.46. The van der Waals surface area contributed by atoms with Crippen molar-refractivity contribution in [3.63, 3.8) is 0 Å². The fourth-order valence-corrected chi connectivity index (χ4v) is 5.74. The summed E-state index contributed by atoms with van der Waals surface area (Å²) in [4.78, 5) is 66.1. The van der Waals surface area contributed by atoms with E-state index >= 15 is 0 Å². The molecule has 0 spiro atoms. The number of aromatic hydroxyl groups is 2. The average molecular weight is 716 g/mol. The third kappa shape index (κ3) is 7.35. The highest BCUT2D eigenvalue weighted by Gasteiger charge is 2.42. The van der Waals surface area contributed by atoms with Crippen LogP contribution in [0.1, 0.15) is 44.3 Å². The molecular formula is C31H29BClF2N5O10. The number of hydrogen-bond acceptors (Lipinski definition) is 9. The lowest BCUT2D eigenvalue weighted by Crippen LogP contribution is -2.56. The van der Waals surface area contributed by atoms with Gasteiger partial charge >= 0.3 is 25.1 Å². The van der Waals surface area contributed by atoms with E-state index in [9.17, 15) is 53.1 Å². The van der Waals surface area contributed by atoms with Crippen LogP contribution < -0.4 is 20.6 Å². The first-order chi connectivity index (χ1) is 23.8. The number of carbonyl (C=O) groups excluding carboxylic acids is 4. The second kappa shape index (κ2) is 14.9. The van der Waals surface area contributed by atoms with Gasteiger partial charge in [0.1, 0.15) is 23.2 Å². The third-order valence-electron chi connectivity index (χ3n) is 8.05. The van der Waals surface area contributed by atoms with Crippen LogP contribution in [0.15, 0.2) is 48.5 Å². The van der Waals surface area contributed by atoms with E-state index in [1.807, 2.05) is 0 Å². The maximum Gasteiger partial charge on any atom is 0.547 e. The number of nitrogens with zero attached hydrogens (tertiary/aromatic N) is 2. The molecule has 1 fully saturated rings. The minimum atomic E-state index is -1.94. The SMILES string of the molecule is O=C(NCCCN1CCN(C(=O)NC(C(=O)NC2Cc3ccc(F)c(C(=O)O)c3OB2O)c2cc(F)c(O)c(O)c2Cl)C1=O)c1ccccc1. The fraction of sp³-hybridized carbons (Fsp3) is 0.258. The number of carbonyl (C=O) groups is 5. The van der Waals surface area contributed by atoms with Gasteiger partial charge in [-0.2, -0.15) is 0 Å². The molecule has 6 amide bonds. The smallest absolute Gasteiger partial charge is 0.534 e. The Kier molecular flexibility index (Phi) is 10.6. The lowest BCUT2D eigenvalue weighted by atomic mass is 9.72. The maximum absolute atomic E-state index is 14.6. The number of amides is 6. The standard InChI is InChI=1S/C31H29BClF2N5O10/c33-22-17(14-19(35)24(41)25(22)42)23(28(44)37-20-13-16-7-8-18(34)21(29(45)46)26(16)50-32(20)49)38-30(47)40-12-11-39(31(40)48)10-4-9-36-27(43)15-5-2-1-3-6-15/h1-3,5-8,14,20,23,41-42,49H,4,9-13H2,(H,36,43)(H,37,44)(H,38,47)(H,45,46). The molecule has 2 atom stereocenters.